The van der Waals surface area contributed by atoms with Gasteiger partial charge in [-0.25, -0.2) is 0 Å². The van der Waals surface area contributed by atoms with Gasteiger partial charge in [-0.05, 0) is 57.3 Å². The summed E-state index contributed by atoms with van der Waals surface area (Å²) in [5.41, 5.74) is 0. The number of rotatable bonds is 20. The maximum atomic E-state index is 2.45. The number of quaternary nitrogens is 1. The molecule has 1 saturated heterocycles. The lowest BCUT2D eigenvalue weighted by Gasteiger charge is -2.29. The van der Waals surface area contributed by atoms with Crippen molar-refractivity contribution in [1.82, 2.24) is 0 Å². The molecule has 1 N–H and O–H groups in total. The Labute approximate surface area is 185 Å². The second-order valence-electron chi connectivity index (χ2n) is 9.88. The summed E-state index contributed by atoms with van der Waals surface area (Å²) in [5.74, 6) is 1.06. The second kappa shape index (κ2) is 21.0. The van der Waals surface area contributed by atoms with E-state index >= 15 is 0 Å². The van der Waals surface area contributed by atoms with Crippen LogP contribution in [-0.2, 0) is 0 Å². The first-order valence-electron chi connectivity index (χ1n) is 13.8. The predicted molar refractivity (Wildman–Crippen MR) is 132 cm³/mol. The van der Waals surface area contributed by atoms with Crippen LogP contribution in [0.5, 0.6) is 0 Å². The maximum Gasteiger partial charge on any atom is 0.0773 e. The molecular formula is C28H56N+. The molecule has 0 aromatic heterocycles. The summed E-state index contributed by atoms with van der Waals surface area (Å²) >= 11 is 0. The van der Waals surface area contributed by atoms with Crippen molar-refractivity contribution in [2.75, 3.05) is 19.6 Å². The summed E-state index contributed by atoms with van der Waals surface area (Å²) in [6.07, 6.45) is 33.5. The fraction of sp³-hybridized carbons (Fsp3) is 0.929. The molecule has 1 aliphatic rings. The van der Waals surface area contributed by atoms with Crippen molar-refractivity contribution in [3.63, 3.8) is 0 Å². The van der Waals surface area contributed by atoms with Crippen LogP contribution in [0.1, 0.15) is 142 Å². The van der Waals surface area contributed by atoms with Crippen molar-refractivity contribution in [1.29, 1.82) is 0 Å². The average molecular weight is 407 g/mol. The normalized spacial score (nSPS) is 19.9. The fourth-order valence-corrected chi connectivity index (χ4v) is 4.93. The van der Waals surface area contributed by atoms with Crippen LogP contribution in [0.3, 0.4) is 0 Å². The van der Waals surface area contributed by atoms with E-state index in [1.165, 1.54) is 148 Å². The minimum Gasteiger partial charge on any atom is -0.335 e. The Morgan fingerprint density at radius 2 is 1.07 bits per heavy atom. The molecule has 172 valence electrons. The monoisotopic (exact) mass is 406 g/mol. The minimum absolute atomic E-state index is 1.06. The first-order valence-corrected chi connectivity index (χ1v) is 13.8. The van der Waals surface area contributed by atoms with Gasteiger partial charge >= 0.3 is 0 Å². The van der Waals surface area contributed by atoms with Crippen LogP contribution in [0.4, 0.5) is 0 Å². The standard InChI is InChI=1S/C28H55N/c1-3-5-7-8-9-10-11-12-13-14-15-16-17-18-19-21-25-29-26-23-28(24-27-29)22-20-6-4-2/h12-13,28H,3-11,14-27H2,1-2H3/p+1/b13-12-. The number of piperidine rings is 1. The van der Waals surface area contributed by atoms with E-state index in [0.717, 1.165) is 5.92 Å². The summed E-state index contributed by atoms with van der Waals surface area (Å²) in [6.45, 7) is 8.98. The van der Waals surface area contributed by atoms with E-state index in [-0.39, 0.29) is 0 Å². The molecule has 1 nitrogen and oxygen atoms in total. The van der Waals surface area contributed by atoms with Crippen LogP contribution >= 0.6 is 0 Å². The molecule has 0 aliphatic carbocycles. The van der Waals surface area contributed by atoms with Crippen molar-refractivity contribution >= 4 is 0 Å². The Hall–Kier alpha value is -0.300. The lowest BCUT2D eigenvalue weighted by atomic mass is 9.91. The molecule has 0 unspecified atom stereocenters. The highest BCUT2D eigenvalue weighted by Gasteiger charge is 2.20. The summed E-state index contributed by atoms with van der Waals surface area (Å²) in [7, 11) is 0. The molecule has 0 spiro atoms. The highest BCUT2D eigenvalue weighted by Crippen LogP contribution is 2.18. The van der Waals surface area contributed by atoms with Gasteiger partial charge in [0.2, 0.25) is 0 Å². The molecule has 1 aliphatic heterocycles. The molecular weight excluding hydrogens is 350 g/mol. The van der Waals surface area contributed by atoms with Gasteiger partial charge in [0, 0.05) is 0 Å². The molecule has 29 heavy (non-hydrogen) atoms. The molecule has 0 aromatic rings. The van der Waals surface area contributed by atoms with Crippen LogP contribution in [0.25, 0.3) is 0 Å². The van der Waals surface area contributed by atoms with E-state index in [0.29, 0.717) is 0 Å². The Morgan fingerprint density at radius 3 is 1.66 bits per heavy atom. The SMILES string of the molecule is CCCCCCCC/C=C\CCCCCCCC[NH+]1CCC(CCCCC)CC1. The van der Waals surface area contributed by atoms with E-state index in [1.807, 2.05) is 4.90 Å². The van der Waals surface area contributed by atoms with E-state index in [1.54, 1.807) is 0 Å². The zero-order valence-corrected chi connectivity index (χ0v) is 20.5. The van der Waals surface area contributed by atoms with Gasteiger partial charge in [0.1, 0.15) is 0 Å². The predicted octanol–water partition coefficient (Wildman–Crippen LogP) is 7.90. The first-order chi connectivity index (χ1) is 14.4. The van der Waals surface area contributed by atoms with Gasteiger partial charge in [0.05, 0.1) is 19.6 Å². The van der Waals surface area contributed by atoms with Crippen LogP contribution in [-0.4, -0.2) is 19.6 Å². The molecule has 0 amide bonds. The topological polar surface area (TPSA) is 4.44 Å². The van der Waals surface area contributed by atoms with Gasteiger partial charge in [-0.1, -0.05) is 103 Å². The summed E-state index contributed by atoms with van der Waals surface area (Å²) in [6, 6.07) is 0. The molecule has 0 bridgehead atoms. The fourth-order valence-electron chi connectivity index (χ4n) is 4.93. The van der Waals surface area contributed by atoms with E-state index in [2.05, 4.69) is 26.0 Å². The van der Waals surface area contributed by atoms with E-state index < -0.39 is 0 Å². The third kappa shape index (κ3) is 17.1. The van der Waals surface area contributed by atoms with Crippen molar-refractivity contribution in [3.05, 3.63) is 12.2 Å². The number of nitrogens with one attached hydrogen (secondary N) is 1. The van der Waals surface area contributed by atoms with E-state index in [4.69, 9.17) is 0 Å². The molecule has 0 atom stereocenters. The van der Waals surface area contributed by atoms with Gasteiger partial charge in [-0.15, -0.1) is 0 Å². The van der Waals surface area contributed by atoms with Gasteiger partial charge in [0.25, 0.3) is 0 Å². The lowest BCUT2D eigenvalue weighted by molar-refractivity contribution is -0.906. The number of likely N-dealkylation sites (tertiary alicyclic amines) is 1. The third-order valence-corrected chi connectivity index (χ3v) is 7.07. The van der Waals surface area contributed by atoms with E-state index in [9.17, 15) is 0 Å². The van der Waals surface area contributed by atoms with Crippen molar-refractivity contribution in [3.8, 4) is 0 Å². The average Bonchev–Trinajstić information content (AvgIpc) is 2.74. The summed E-state index contributed by atoms with van der Waals surface area (Å²) in [5, 5.41) is 0. The first kappa shape index (κ1) is 26.7. The minimum atomic E-state index is 1.06. The smallest absolute Gasteiger partial charge is 0.0773 e. The Balaban J connectivity index is 1.78. The molecule has 0 saturated carbocycles. The maximum absolute atomic E-state index is 2.45. The van der Waals surface area contributed by atoms with Gasteiger partial charge in [-0.2, -0.15) is 0 Å². The molecule has 1 heterocycles. The van der Waals surface area contributed by atoms with Crippen LogP contribution in [0.2, 0.25) is 0 Å². The Morgan fingerprint density at radius 1 is 0.586 bits per heavy atom. The highest BCUT2D eigenvalue weighted by atomic mass is 15.1. The number of hydrogen-bond donors (Lipinski definition) is 1. The van der Waals surface area contributed by atoms with Crippen molar-refractivity contribution in [2.45, 2.75) is 142 Å². The van der Waals surface area contributed by atoms with Gasteiger partial charge < -0.3 is 4.90 Å². The van der Waals surface area contributed by atoms with Crippen molar-refractivity contribution in [2.24, 2.45) is 5.92 Å². The van der Waals surface area contributed by atoms with Crippen LogP contribution < -0.4 is 4.90 Å². The Bertz CT molecular complexity index is 340. The third-order valence-electron chi connectivity index (χ3n) is 7.07. The largest absolute Gasteiger partial charge is 0.335 e. The zero-order valence-electron chi connectivity index (χ0n) is 20.5. The lowest BCUT2D eigenvalue weighted by Crippen LogP contribution is -3.13. The number of allylic oxidation sites excluding steroid dienone is 2. The quantitative estimate of drug-likeness (QED) is 0.155. The molecule has 1 heteroatoms. The highest BCUT2D eigenvalue weighted by molar-refractivity contribution is 4.81. The second-order valence-corrected chi connectivity index (χ2v) is 9.88. The number of unbranched alkanes of at least 4 members (excludes halogenated alkanes) is 14. The molecule has 1 rings (SSSR count). The molecule has 1 fully saturated rings. The number of hydrogen-bond acceptors (Lipinski definition) is 0. The summed E-state index contributed by atoms with van der Waals surface area (Å²) in [4.78, 5) is 1.91. The van der Waals surface area contributed by atoms with Gasteiger partial charge in [0.15, 0.2) is 0 Å². The van der Waals surface area contributed by atoms with Crippen LogP contribution in [0.15, 0.2) is 12.2 Å². The molecule has 0 aromatic carbocycles. The molecule has 0 radical (unpaired) electrons. The Kier molecular flexibility index (Phi) is 19.3. The zero-order chi connectivity index (χ0) is 20.8. The van der Waals surface area contributed by atoms with Crippen LogP contribution in [0, 0.1) is 5.92 Å². The van der Waals surface area contributed by atoms with Crippen molar-refractivity contribution < 1.29 is 4.90 Å². The summed E-state index contributed by atoms with van der Waals surface area (Å²) < 4.78 is 0. The van der Waals surface area contributed by atoms with Gasteiger partial charge in [-0.3, -0.25) is 0 Å².